The molecule has 0 aliphatic heterocycles. The smallest absolute Gasteiger partial charge is 0.303 e. The number of hydrogen-bond acceptors (Lipinski definition) is 4. The molecule has 0 atom stereocenters. The Hall–Kier alpha value is -1.91. The van der Waals surface area contributed by atoms with Crippen LogP contribution in [0.25, 0.3) is 0 Å². The highest BCUT2D eigenvalue weighted by molar-refractivity contribution is 5.95. The van der Waals surface area contributed by atoms with Gasteiger partial charge in [0.05, 0.1) is 7.11 Å². The minimum absolute atomic E-state index is 0.0282. The third-order valence-corrected chi connectivity index (χ3v) is 2.56. The van der Waals surface area contributed by atoms with Gasteiger partial charge in [0.1, 0.15) is 0 Å². The molecule has 5 heteroatoms. The second-order valence-corrected chi connectivity index (χ2v) is 3.97. The van der Waals surface area contributed by atoms with Crippen molar-refractivity contribution in [2.24, 2.45) is 0 Å². The third kappa shape index (κ3) is 4.95. The van der Waals surface area contributed by atoms with Gasteiger partial charge in [0.2, 0.25) is 5.88 Å². The summed E-state index contributed by atoms with van der Waals surface area (Å²) in [7, 11) is 1.52. The number of methoxy groups -OCH3 is 1. The van der Waals surface area contributed by atoms with Gasteiger partial charge in [-0.25, -0.2) is 4.98 Å². The normalized spacial score (nSPS) is 10.1. The maximum Gasteiger partial charge on any atom is 0.303 e. The van der Waals surface area contributed by atoms with E-state index in [1.54, 1.807) is 12.1 Å². The Morgan fingerprint density at radius 1 is 1.22 bits per heavy atom. The molecule has 1 aromatic heterocycles. The number of carbonyl (C=O) groups is 2. The van der Waals surface area contributed by atoms with Gasteiger partial charge in [0.25, 0.3) is 0 Å². The van der Waals surface area contributed by atoms with Crippen LogP contribution in [0, 0.1) is 0 Å². The summed E-state index contributed by atoms with van der Waals surface area (Å²) in [5.74, 6) is -0.283. The minimum atomic E-state index is -0.791. The molecule has 0 aliphatic carbocycles. The van der Waals surface area contributed by atoms with E-state index in [0.29, 0.717) is 30.7 Å². The molecule has 0 radical (unpaired) electrons. The number of carbonyl (C=O) groups excluding carboxylic acids is 1. The molecule has 0 spiro atoms. The van der Waals surface area contributed by atoms with Crippen molar-refractivity contribution in [1.29, 1.82) is 0 Å². The van der Waals surface area contributed by atoms with Crippen molar-refractivity contribution >= 4 is 11.8 Å². The summed E-state index contributed by atoms with van der Waals surface area (Å²) in [6.45, 7) is 0. The maximum absolute atomic E-state index is 11.7. The Labute approximate surface area is 106 Å². The van der Waals surface area contributed by atoms with Gasteiger partial charge < -0.3 is 9.84 Å². The average molecular weight is 251 g/mol. The summed E-state index contributed by atoms with van der Waals surface area (Å²) in [4.78, 5) is 26.0. The van der Waals surface area contributed by atoms with Crippen molar-refractivity contribution in [3.8, 4) is 5.88 Å². The molecule has 0 amide bonds. The lowest BCUT2D eigenvalue weighted by atomic mass is 10.1. The van der Waals surface area contributed by atoms with Crippen LogP contribution in [0.1, 0.15) is 42.5 Å². The summed E-state index contributed by atoms with van der Waals surface area (Å²) < 4.78 is 4.91. The summed E-state index contributed by atoms with van der Waals surface area (Å²) in [6.07, 6.45) is 4.16. The van der Waals surface area contributed by atoms with Crippen LogP contribution in [-0.2, 0) is 4.79 Å². The van der Waals surface area contributed by atoms with Crippen molar-refractivity contribution in [2.45, 2.75) is 32.1 Å². The predicted octanol–water partition coefficient (Wildman–Crippen LogP) is 2.31. The quantitative estimate of drug-likeness (QED) is 0.566. The van der Waals surface area contributed by atoms with Gasteiger partial charge in [0, 0.05) is 30.7 Å². The van der Waals surface area contributed by atoms with Crippen molar-refractivity contribution in [1.82, 2.24) is 4.98 Å². The molecule has 1 rings (SSSR count). The Bertz CT molecular complexity index is 400. The van der Waals surface area contributed by atoms with Crippen LogP contribution in [0.3, 0.4) is 0 Å². The Morgan fingerprint density at radius 3 is 2.50 bits per heavy atom. The van der Waals surface area contributed by atoms with Gasteiger partial charge in [0.15, 0.2) is 5.78 Å². The minimum Gasteiger partial charge on any atom is -0.481 e. The van der Waals surface area contributed by atoms with Gasteiger partial charge in [-0.1, -0.05) is 6.42 Å². The zero-order valence-corrected chi connectivity index (χ0v) is 10.4. The summed E-state index contributed by atoms with van der Waals surface area (Å²) in [5.41, 5.74) is 0.564. The number of carboxylic acids is 1. The second-order valence-electron chi connectivity index (χ2n) is 3.97. The van der Waals surface area contributed by atoms with Crippen LogP contribution in [-0.4, -0.2) is 29.0 Å². The molecule has 0 aromatic carbocycles. The molecule has 0 saturated carbocycles. The Balaban J connectivity index is 2.29. The van der Waals surface area contributed by atoms with Crippen LogP contribution >= 0.6 is 0 Å². The molecule has 5 nitrogen and oxygen atoms in total. The highest BCUT2D eigenvalue weighted by Crippen LogP contribution is 2.11. The maximum atomic E-state index is 11.7. The lowest BCUT2D eigenvalue weighted by Gasteiger charge is -2.02. The number of ether oxygens (including phenoxy) is 1. The molecule has 0 fully saturated rings. The van der Waals surface area contributed by atoms with E-state index in [9.17, 15) is 9.59 Å². The number of aliphatic carboxylic acids is 1. The number of ketones is 1. The van der Waals surface area contributed by atoms with E-state index in [1.807, 2.05) is 0 Å². The van der Waals surface area contributed by atoms with E-state index < -0.39 is 5.97 Å². The van der Waals surface area contributed by atoms with Crippen LogP contribution in [0.5, 0.6) is 5.88 Å². The standard InChI is InChI=1S/C13H17NO4/c1-18-12-8-7-10(9-14-12)11(15)5-3-2-4-6-13(16)17/h7-9H,2-6H2,1H3,(H,16,17). The highest BCUT2D eigenvalue weighted by Gasteiger charge is 2.06. The molecular weight excluding hydrogens is 234 g/mol. The van der Waals surface area contributed by atoms with Gasteiger partial charge in [-0.05, 0) is 18.9 Å². The van der Waals surface area contributed by atoms with Crippen molar-refractivity contribution in [2.75, 3.05) is 7.11 Å². The molecule has 1 N–H and O–H groups in total. The molecule has 0 unspecified atom stereocenters. The SMILES string of the molecule is COc1ccc(C(=O)CCCCCC(=O)O)cn1. The fraction of sp³-hybridized carbons (Fsp3) is 0.462. The number of rotatable bonds is 8. The monoisotopic (exact) mass is 251 g/mol. The van der Waals surface area contributed by atoms with Crippen LogP contribution in [0.2, 0.25) is 0 Å². The molecule has 1 heterocycles. The first kappa shape index (κ1) is 14.2. The van der Waals surface area contributed by atoms with E-state index in [0.717, 1.165) is 6.42 Å². The largest absolute Gasteiger partial charge is 0.481 e. The van der Waals surface area contributed by atoms with Crippen molar-refractivity contribution in [3.05, 3.63) is 23.9 Å². The van der Waals surface area contributed by atoms with Gasteiger partial charge in [-0.15, -0.1) is 0 Å². The van der Waals surface area contributed by atoms with Crippen molar-refractivity contribution < 1.29 is 19.4 Å². The molecule has 0 bridgehead atoms. The number of aromatic nitrogens is 1. The molecule has 18 heavy (non-hydrogen) atoms. The van der Waals surface area contributed by atoms with Crippen LogP contribution in [0.15, 0.2) is 18.3 Å². The first-order chi connectivity index (χ1) is 8.63. The fourth-order valence-corrected chi connectivity index (χ4v) is 1.55. The topological polar surface area (TPSA) is 76.5 Å². The lowest BCUT2D eigenvalue weighted by molar-refractivity contribution is -0.137. The number of nitrogens with zero attached hydrogens (tertiary/aromatic N) is 1. The third-order valence-electron chi connectivity index (χ3n) is 2.56. The van der Waals surface area contributed by atoms with Gasteiger partial charge in [-0.2, -0.15) is 0 Å². The molecule has 0 aliphatic rings. The highest BCUT2D eigenvalue weighted by atomic mass is 16.5. The zero-order chi connectivity index (χ0) is 13.4. The van der Waals surface area contributed by atoms with E-state index in [2.05, 4.69) is 4.98 Å². The Kier molecular flexibility index (Phi) is 5.84. The number of Topliss-reactive ketones (excluding diaryl/α,β-unsaturated/α-hetero) is 1. The van der Waals surface area contributed by atoms with Crippen molar-refractivity contribution in [3.63, 3.8) is 0 Å². The predicted molar refractivity (Wildman–Crippen MR) is 65.8 cm³/mol. The van der Waals surface area contributed by atoms with Crippen LogP contribution < -0.4 is 4.74 Å². The van der Waals surface area contributed by atoms with Crippen LogP contribution in [0.4, 0.5) is 0 Å². The number of hydrogen-bond donors (Lipinski definition) is 1. The summed E-state index contributed by atoms with van der Waals surface area (Å²) in [6, 6.07) is 3.34. The average Bonchev–Trinajstić information content (AvgIpc) is 2.38. The first-order valence-corrected chi connectivity index (χ1v) is 5.88. The Morgan fingerprint density at radius 2 is 1.94 bits per heavy atom. The van der Waals surface area contributed by atoms with E-state index in [4.69, 9.17) is 9.84 Å². The molecule has 98 valence electrons. The molecule has 1 aromatic rings. The second kappa shape index (κ2) is 7.42. The zero-order valence-electron chi connectivity index (χ0n) is 10.4. The first-order valence-electron chi connectivity index (χ1n) is 5.88. The fourth-order valence-electron chi connectivity index (χ4n) is 1.55. The molecular formula is C13H17NO4. The summed E-state index contributed by atoms with van der Waals surface area (Å²) in [5, 5.41) is 8.46. The lowest BCUT2D eigenvalue weighted by Crippen LogP contribution is -2.00. The van der Waals surface area contributed by atoms with Gasteiger partial charge in [-0.3, -0.25) is 9.59 Å². The van der Waals surface area contributed by atoms with E-state index >= 15 is 0 Å². The molecule has 0 saturated heterocycles. The summed E-state index contributed by atoms with van der Waals surface area (Å²) >= 11 is 0. The van der Waals surface area contributed by atoms with E-state index in [1.165, 1.54) is 13.3 Å². The number of pyridine rings is 1. The number of unbranched alkanes of at least 4 members (excludes halogenated alkanes) is 2. The number of carboxylic acid groups (broad SMARTS) is 1. The van der Waals surface area contributed by atoms with Gasteiger partial charge >= 0.3 is 5.97 Å². The van der Waals surface area contributed by atoms with E-state index in [-0.39, 0.29) is 12.2 Å².